The molecule has 2 aliphatic rings. The molecule has 0 atom stereocenters. The van der Waals surface area contributed by atoms with Gasteiger partial charge in [-0.1, -0.05) is 12.1 Å². The summed E-state index contributed by atoms with van der Waals surface area (Å²) in [6.45, 7) is 4.25. The zero-order valence-corrected chi connectivity index (χ0v) is 16.5. The second-order valence-corrected chi connectivity index (χ2v) is 7.68. The fraction of sp³-hybridized carbons (Fsp3) is 0.364. The number of aryl methyl sites for hydroxylation is 1. The largest absolute Gasteiger partial charge is 0.454 e. The Balaban J connectivity index is 1.23. The second kappa shape index (κ2) is 8.53. The minimum Gasteiger partial charge on any atom is -0.454 e. The highest BCUT2D eigenvalue weighted by atomic mass is 16.7. The van der Waals surface area contributed by atoms with Gasteiger partial charge in [-0.05, 0) is 36.8 Å². The predicted molar refractivity (Wildman–Crippen MR) is 109 cm³/mol. The Bertz CT molecular complexity index is 907. The molecule has 152 valence electrons. The molecule has 4 rings (SSSR count). The van der Waals surface area contributed by atoms with Gasteiger partial charge >= 0.3 is 0 Å². The van der Waals surface area contributed by atoms with Gasteiger partial charge in [0.15, 0.2) is 18.0 Å². The van der Waals surface area contributed by atoms with Crippen molar-refractivity contribution in [3.8, 4) is 11.5 Å². The van der Waals surface area contributed by atoms with E-state index in [9.17, 15) is 9.59 Å². The molecule has 2 aromatic carbocycles. The zero-order valence-electron chi connectivity index (χ0n) is 16.5. The van der Waals surface area contributed by atoms with Crippen LogP contribution in [0.4, 0.5) is 11.4 Å². The van der Waals surface area contributed by atoms with Crippen LogP contribution in [-0.2, 0) is 9.59 Å². The Morgan fingerprint density at radius 1 is 1.00 bits per heavy atom. The van der Waals surface area contributed by atoms with Crippen LogP contribution in [0.3, 0.4) is 0 Å². The first-order chi connectivity index (χ1) is 14.1. The van der Waals surface area contributed by atoms with Gasteiger partial charge in [0.1, 0.15) is 0 Å². The molecule has 0 spiro atoms. The summed E-state index contributed by atoms with van der Waals surface area (Å²) in [4.78, 5) is 26.1. The first kappa shape index (κ1) is 19.3. The number of rotatable bonds is 5. The molecule has 29 heavy (non-hydrogen) atoms. The number of piperidine rings is 1. The van der Waals surface area contributed by atoms with Gasteiger partial charge in [0.2, 0.25) is 12.7 Å². The van der Waals surface area contributed by atoms with Crippen LogP contribution in [0.5, 0.6) is 11.5 Å². The third-order valence-electron chi connectivity index (χ3n) is 5.42. The summed E-state index contributed by atoms with van der Waals surface area (Å²) in [6, 6.07) is 13.2. The van der Waals surface area contributed by atoms with Crippen molar-refractivity contribution in [1.82, 2.24) is 0 Å². The van der Waals surface area contributed by atoms with Crippen molar-refractivity contribution in [1.29, 1.82) is 0 Å². The van der Waals surface area contributed by atoms with Gasteiger partial charge in [-0.15, -0.1) is 0 Å². The molecule has 2 aromatic rings. The Labute approximate surface area is 170 Å². The molecular weight excluding hydrogens is 370 g/mol. The number of nitrogens with one attached hydrogen (secondary N) is 3. The Kier molecular flexibility index (Phi) is 5.67. The molecule has 7 nitrogen and oxygen atoms in total. The number of amides is 2. The Hall–Kier alpha value is -3.06. The van der Waals surface area contributed by atoms with Crippen LogP contribution in [0.15, 0.2) is 42.5 Å². The molecule has 0 bridgehead atoms. The summed E-state index contributed by atoms with van der Waals surface area (Å²) in [5.74, 6) is 1.34. The second-order valence-electron chi connectivity index (χ2n) is 7.68. The third-order valence-corrected chi connectivity index (χ3v) is 5.42. The molecule has 2 aliphatic heterocycles. The number of hydrogen-bond acceptors (Lipinski definition) is 4. The van der Waals surface area contributed by atoms with Crippen LogP contribution in [0.1, 0.15) is 18.4 Å². The van der Waals surface area contributed by atoms with Gasteiger partial charge in [0.25, 0.3) is 5.91 Å². The summed E-state index contributed by atoms with van der Waals surface area (Å²) < 4.78 is 10.6. The van der Waals surface area contributed by atoms with Crippen molar-refractivity contribution in [3.63, 3.8) is 0 Å². The summed E-state index contributed by atoms with van der Waals surface area (Å²) >= 11 is 0. The van der Waals surface area contributed by atoms with Crippen molar-refractivity contribution in [2.45, 2.75) is 19.8 Å². The predicted octanol–water partition coefficient (Wildman–Crippen LogP) is 1.60. The molecule has 1 fully saturated rings. The van der Waals surface area contributed by atoms with E-state index < -0.39 is 0 Å². The van der Waals surface area contributed by atoms with Gasteiger partial charge in [0.05, 0.1) is 13.1 Å². The number of ether oxygens (including phenoxy) is 2. The molecular formula is C22H26N3O4+. The third kappa shape index (κ3) is 4.86. The molecule has 7 heteroatoms. The molecule has 0 saturated carbocycles. The fourth-order valence-electron chi connectivity index (χ4n) is 3.84. The molecule has 0 aliphatic carbocycles. The van der Waals surface area contributed by atoms with E-state index in [1.54, 1.807) is 12.1 Å². The zero-order chi connectivity index (χ0) is 20.2. The highest BCUT2D eigenvalue weighted by molar-refractivity contribution is 5.93. The quantitative estimate of drug-likeness (QED) is 0.717. The molecule has 2 amide bonds. The van der Waals surface area contributed by atoms with Crippen LogP contribution < -0.4 is 25.0 Å². The molecule has 0 unspecified atom stereocenters. The Morgan fingerprint density at radius 2 is 1.76 bits per heavy atom. The van der Waals surface area contributed by atoms with E-state index in [0.717, 1.165) is 37.2 Å². The van der Waals surface area contributed by atoms with E-state index in [4.69, 9.17) is 9.47 Å². The lowest BCUT2D eigenvalue weighted by molar-refractivity contribution is -0.897. The van der Waals surface area contributed by atoms with E-state index in [2.05, 4.69) is 10.6 Å². The number of benzene rings is 2. The summed E-state index contributed by atoms with van der Waals surface area (Å²) in [6.07, 6.45) is 1.53. The number of fused-ring (bicyclic) bond motifs is 1. The van der Waals surface area contributed by atoms with Gasteiger partial charge < -0.3 is 25.0 Å². The average molecular weight is 396 g/mol. The van der Waals surface area contributed by atoms with E-state index >= 15 is 0 Å². The standard InChI is InChI=1S/C22H25N3O4/c1-15-3-2-4-17(11-15)23-21(26)13-25-9-7-16(8-10-25)22(27)24-18-5-6-19-20(12-18)29-14-28-19/h2-6,11-12,16H,7-10,13-14H2,1H3,(H,23,26)(H,24,27)/p+1. The molecule has 1 saturated heterocycles. The average Bonchev–Trinajstić information content (AvgIpc) is 3.16. The maximum Gasteiger partial charge on any atom is 0.279 e. The van der Waals surface area contributed by atoms with Crippen LogP contribution >= 0.6 is 0 Å². The fourth-order valence-corrected chi connectivity index (χ4v) is 3.84. The van der Waals surface area contributed by atoms with Crippen LogP contribution in [0.25, 0.3) is 0 Å². The minimum absolute atomic E-state index is 0.00821. The van der Waals surface area contributed by atoms with Crippen molar-refractivity contribution < 1.29 is 24.0 Å². The van der Waals surface area contributed by atoms with Gasteiger partial charge in [-0.3, -0.25) is 9.59 Å². The Morgan fingerprint density at radius 3 is 2.55 bits per heavy atom. The lowest BCUT2D eigenvalue weighted by Crippen LogP contribution is -3.14. The van der Waals surface area contributed by atoms with Gasteiger partial charge in [-0.25, -0.2) is 0 Å². The number of hydrogen-bond donors (Lipinski definition) is 3. The summed E-state index contributed by atoms with van der Waals surface area (Å²) in [5, 5.41) is 5.93. The van der Waals surface area contributed by atoms with E-state index in [0.29, 0.717) is 23.7 Å². The topological polar surface area (TPSA) is 81.1 Å². The summed E-state index contributed by atoms with van der Waals surface area (Å²) in [7, 11) is 0. The normalized spacial score (nSPS) is 20.2. The highest BCUT2D eigenvalue weighted by Crippen LogP contribution is 2.34. The van der Waals surface area contributed by atoms with Gasteiger partial charge in [-0.2, -0.15) is 0 Å². The van der Waals surface area contributed by atoms with Crippen molar-refractivity contribution in [3.05, 3.63) is 48.0 Å². The number of carbonyl (C=O) groups is 2. The lowest BCUT2D eigenvalue weighted by atomic mass is 9.95. The first-order valence-corrected chi connectivity index (χ1v) is 9.97. The van der Waals surface area contributed by atoms with Crippen LogP contribution in [-0.4, -0.2) is 38.2 Å². The number of anilines is 2. The molecule has 2 heterocycles. The van der Waals surface area contributed by atoms with Crippen LogP contribution in [0.2, 0.25) is 0 Å². The first-order valence-electron chi connectivity index (χ1n) is 9.97. The maximum absolute atomic E-state index is 12.6. The molecule has 0 aromatic heterocycles. The SMILES string of the molecule is Cc1cccc(NC(=O)C[NH+]2CCC(C(=O)Nc3ccc4c(c3)OCO4)CC2)c1. The number of likely N-dealkylation sites (tertiary alicyclic amines) is 1. The minimum atomic E-state index is -0.0380. The van der Waals surface area contributed by atoms with E-state index in [1.165, 1.54) is 4.90 Å². The number of carbonyl (C=O) groups excluding carboxylic acids is 2. The number of quaternary nitrogens is 1. The van der Waals surface area contributed by atoms with Crippen molar-refractivity contribution >= 4 is 23.2 Å². The molecule has 0 radical (unpaired) electrons. The van der Waals surface area contributed by atoms with E-state index in [-0.39, 0.29) is 24.5 Å². The monoisotopic (exact) mass is 396 g/mol. The van der Waals surface area contributed by atoms with Crippen molar-refractivity contribution in [2.24, 2.45) is 5.92 Å². The smallest absolute Gasteiger partial charge is 0.279 e. The lowest BCUT2D eigenvalue weighted by Gasteiger charge is -2.28. The maximum atomic E-state index is 12.6. The highest BCUT2D eigenvalue weighted by Gasteiger charge is 2.29. The summed E-state index contributed by atoms with van der Waals surface area (Å²) in [5.41, 5.74) is 2.66. The van der Waals surface area contributed by atoms with Crippen molar-refractivity contribution in [2.75, 3.05) is 37.1 Å². The molecule has 3 N–H and O–H groups in total. The van der Waals surface area contributed by atoms with E-state index in [1.807, 2.05) is 37.3 Å². The van der Waals surface area contributed by atoms with Gasteiger partial charge in [0, 0.05) is 36.2 Å². The van der Waals surface area contributed by atoms with Crippen LogP contribution in [0, 0.1) is 12.8 Å².